The Balaban J connectivity index is 1.49. The second-order valence-corrected chi connectivity index (χ2v) is 8.26. The van der Waals surface area contributed by atoms with Gasteiger partial charge >= 0.3 is 0 Å². The van der Waals surface area contributed by atoms with E-state index in [1.807, 2.05) is 36.4 Å². The molecule has 7 nitrogen and oxygen atoms in total. The second kappa shape index (κ2) is 9.11. The molecular formula is C24H26N6O. The molecule has 1 fully saturated rings. The third-order valence-corrected chi connectivity index (χ3v) is 5.76. The minimum atomic E-state index is -0.604. The van der Waals surface area contributed by atoms with Crippen molar-refractivity contribution in [1.29, 1.82) is 5.26 Å². The number of nitrogens with two attached hydrogens (primary N) is 1. The van der Waals surface area contributed by atoms with Gasteiger partial charge in [-0.25, -0.2) is 0 Å². The van der Waals surface area contributed by atoms with Gasteiger partial charge in [0.05, 0.1) is 17.1 Å². The maximum absolute atomic E-state index is 12.7. The van der Waals surface area contributed by atoms with Gasteiger partial charge in [0.25, 0.3) is 0 Å². The van der Waals surface area contributed by atoms with Crippen LogP contribution in [0.2, 0.25) is 0 Å². The fraction of sp³-hybridized carbons (Fsp3) is 0.333. The Morgan fingerprint density at radius 1 is 1.26 bits per heavy atom. The molecule has 0 saturated carbocycles. The quantitative estimate of drug-likeness (QED) is 0.664. The normalized spacial score (nSPS) is 19.6. The Labute approximate surface area is 181 Å². The summed E-state index contributed by atoms with van der Waals surface area (Å²) in [6.07, 6.45) is 6.50. The number of carbonyl (C=O) groups is 1. The molecule has 4 rings (SSSR count). The maximum atomic E-state index is 12.7. The number of amides is 1. The van der Waals surface area contributed by atoms with Crippen LogP contribution in [0.25, 0.3) is 10.9 Å². The topological polar surface area (TPSA) is 108 Å². The Hall–Kier alpha value is -3.50. The zero-order chi connectivity index (χ0) is 21.8. The van der Waals surface area contributed by atoms with E-state index in [0.29, 0.717) is 30.0 Å². The van der Waals surface area contributed by atoms with Crippen LogP contribution in [0.15, 0.2) is 55.0 Å². The Morgan fingerprint density at radius 2 is 2.06 bits per heavy atom. The van der Waals surface area contributed by atoms with Crippen molar-refractivity contribution in [2.45, 2.75) is 31.8 Å². The number of nitrogens with zero attached hydrogens (tertiary/aromatic N) is 4. The smallest absolute Gasteiger partial charge is 0.237 e. The summed E-state index contributed by atoms with van der Waals surface area (Å²) in [7, 11) is 0. The number of benzene rings is 1. The Kier molecular flexibility index (Phi) is 6.10. The number of nitriles is 1. The summed E-state index contributed by atoms with van der Waals surface area (Å²) >= 11 is 0. The Bertz CT molecular complexity index is 1110. The molecule has 1 saturated heterocycles. The lowest BCUT2D eigenvalue weighted by Crippen LogP contribution is -2.54. The van der Waals surface area contributed by atoms with E-state index in [1.165, 1.54) is 0 Å². The molecule has 1 amide bonds. The van der Waals surface area contributed by atoms with Crippen LogP contribution < -0.4 is 16.0 Å². The van der Waals surface area contributed by atoms with E-state index < -0.39 is 6.04 Å². The third kappa shape index (κ3) is 4.65. The number of pyridine rings is 2. The van der Waals surface area contributed by atoms with Crippen LogP contribution >= 0.6 is 0 Å². The molecule has 0 bridgehead atoms. The van der Waals surface area contributed by atoms with Gasteiger partial charge in [-0.05, 0) is 60.7 Å². The van der Waals surface area contributed by atoms with Crippen molar-refractivity contribution in [2.75, 3.05) is 18.0 Å². The minimum Gasteiger partial charge on any atom is -0.369 e. The van der Waals surface area contributed by atoms with Crippen molar-refractivity contribution in [3.05, 3.63) is 66.1 Å². The van der Waals surface area contributed by atoms with Crippen LogP contribution in [-0.4, -0.2) is 41.0 Å². The summed E-state index contributed by atoms with van der Waals surface area (Å²) in [5, 5.41) is 13.5. The van der Waals surface area contributed by atoms with Crippen LogP contribution in [0.3, 0.4) is 0 Å². The van der Waals surface area contributed by atoms with Gasteiger partial charge in [-0.2, -0.15) is 5.26 Å². The van der Waals surface area contributed by atoms with E-state index in [4.69, 9.17) is 5.73 Å². The van der Waals surface area contributed by atoms with E-state index in [1.54, 1.807) is 18.6 Å². The Morgan fingerprint density at radius 3 is 2.84 bits per heavy atom. The molecule has 3 N–H and O–H groups in total. The van der Waals surface area contributed by atoms with Gasteiger partial charge < -0.3 is 16.0 Å². The largest absolute Gasteiger partial charge is 0.369 e. The molecule has 1 aromatic carbocycles. The highest BCUT2D eigenvalue weighted by atomic mass is 16.2. The van der Waals surface area contributed by atoms with Gasteiger partial charge in [0.15, 0.2) is 0 Å². The fourth-order valence-corrected chi connectivity index (χ4v) is 4.35. The van der Waals surface area contributed by atoms with Crippen LogP contribution in [0.1, 0.15) is 24.5 Å². The van der Waals surface area contributed by atoms with Gasteiger partial charge in [-0.15, -0.1) is 0 Å². The number of hydrogen-bond donors (Lipinski definition) is 2. The van der Waals surface area contributed by atoms with Crippen LogP contribution in [0.5, 0.6) is 0 Å². The first-order valence-corrected chi connectivity index (χ1v) is 10.5. The second-order valence-electron chi connectivity index (χ2n) is 8.26. The van der Waals surface area contributed by atoms with E-state index >= 15 is 0 Å². The molecule has 3 aromatic rings. The van der Waals surface area contributed by atoms with E-state index in [2.05, 4.69) is 33.2 Å². The predicted molar refractivity (Wildman–Crippen MR) is 120 cm³/mol. The lowest BCUT2D eigenvalue weighted by atomic mass is 9.94. The third-order valence-electron chi connectivity index (χ3n) is 5.76. The zero-order valence-electron chi connectivity index (χ0n) is 17.5. The molecule has 31 heavy (non-hydrogen) atoms. The first kappa shape index (κ1) is 20.8. The van der Waals surface area contributed by atoms with Crippen LogP contribution in [0.4, 0.5) is 5.69 Å². The molecule has 3 atom stereocenters. The first-order valence-electron chi connectivity index (χ1n) is 10.5. The highest BCUT2D eigenvalue weighted by Crippen LogP contribution is 2.31. The number of carbonyl (C=O) groups excluding carboxylic acids is 1. The number of rotatable bonds is 5. The van der Waals surface area contributed by atoms with E-state index in [0.717, 1.165) is 29.6 Å². The number of hydrogen-bond acceptors (Lipinski definition) is 6. The van der Waals surface area contributed by atoms with Crippen molar-refractivity contribution >= 4 is 22.5 Å². The highest BCUT2D eigenvalue weighted by Gasteiger charge is 2.28. The average molecular weight is 415 g/mol. The van der Waals surface area contributed by atoms with Gasteiger partial charge in [0, 0.05) is 48.8 Å². The first-order chi connectivity index (χ1) is 15.0. The molecule has 0 unspecified atom stereocenters. The lowest BCUT2D eigenvalue weighted by molar-refractivity contribution is -0.123. The molecule has 7 heteroatoms. The average Bonchev–Trinajstić information content (AvgIpc) is 2.78. The number of anilines is 1. The van der Waals surface area contributed by atoms with Crippen molar-refractivity contribution in [1.82, 2.24) is 15.3 Å². The van der Waals surface area contributed by atoms with Gasteiger partial charge in [-0.1, -0.05) is 6.92 Å². The molecule has 0 aliphatic carbocycles. The molecule has 0 radical (unpaired) electrons. The minimum absolute atomic E-state index is 0.00195. The van der Waals surface area contributed by atoms with Crippen molar-refractivity contribution < 1.29 is 4.79 Å². The molecule has 158 valence electrons. The van der Waals surface area contributed by atoms with Gasteiger partial charge in [0.1, 0.15) is 6.07 Å². The summed E-state index contributed by atoms with van der Waals surface area (Å²) in [4.78, 5) is 23.4. The van der Waals surface area contributed by atoms with E-state index in [-0.39, 0.29) is 11.9 Å². The van der Waals surface area contributed by atoms with Crippen LogP contribution in [-0.2, 0) is 11.2 Å². The molecule has 3 heterocycles. The lowest BCUT2D eigenvalue weighted by Gasteiger charge is -2.39. The summed E-state index contributed by atoms with van der Waals surface area (Å²) in [5.41, 5.74) is 9.47. The molecule has 1 aliphatic heterocycles. The molecular weight excluding hydrogens is 388 g/mol. The fourth-order valence-electron chi connectivity index (χ4n) is 4.35. The monoisotopic (exact) mass is 414 g/mol. The van der Waals surface area contributed by atoms with E-state index in [9.17, 15) is 10.1 Å². The highest BCUT2D eigenvalue weighted by molar-refractivity contribution is 5.95. The van der Waals surface area contributed by atoms with Gasteiger partial charge in [0.2, 0.25) is 5.91 Å². The van der Waals surface area contributed by atoms with Crippen molar-refractivity contribution in [2.24, 2.45) is 11.7 Å². The standard InChI is InChI=1S/C24H26N6O/c1-16-11-19(29-24(31)21(26)12-17-6-9-27-10-7-17)15-30(14-16)22-5-4-18(13-25)23-20(22)3-2-8-28-23/h2-10,16,19,21H,11-12,14-15,26H2,1H3,(H,29,31)/t16-,19+,21+/m0/s1. The maximum Gasteiger partial charge on any atom is 0.237 e. The van der Waals surface area contributed by atoms with Gasteiger partial charge in [-0.3, -0.25) is 14.8 Å². The van der Waals surface area contributed by atoms with Crippen molar-refractivity contribution in [3.63, 3.8) is 0 Å². The zero-order valence-corrected chi connectivity index (χ0v) is 17.5. The van der Waals surface area contributed by atoms with Crippen LogP contribution in [0, 0.1) is 17.2 Å². The summed E-state index contributed by atoms with van der Waals surface area (Å²) in [6, 6.07) is 13.1. The predicted octanol–water partition coefficient (Wildman–Crippen LogP) is 2.40. The molecule has 0 spiro atoms. The summed E-state index contributed by atoms with van der Waals surface area (Å²) < 4.78 is 0. The number of aromatic nitrogens is 2. The van der Waals surface area contributed by atoms with Crippen molar-refractivity contribution in [3.8, 4) is 6.07 Å². The molecule has 1 aliphatic rings. The summed E-state index contributed by atoms with van der Waals surface area (Å²) in [6.45, 7) is 3.76. The number of fused-ring (bicyclic) bond motifs is 1. The number of piperidine rings is 1. The summed E-state index contributed by atoms with van der Waals surface area (Å²) in [5.74, 6) is 0.264. The number of nitrogens with one attached hydrogen (secondary N) is 1. The SMILES string of the molecule is C[C@H]1C[C@@H](NC(=O)[C@H](N)Cc2ccncc2)CN(c2ccc(C#N)c3ncccc23)C1. The molecule has 2 aromatic heterocycles.